The number of oxazole rings is 1. The number of carbonyl (C=O) groups excluding carboxylic acids is 1. The summed E-state index contributed by atoms with van der Waals surface area (Å²) in [5.41, 5.74) is -0.417. The fourth-order valence-corrected chi connectivity index (χ4v) is 2.36. The molecule has 0 N–H and O–H groups in total. The number of carbonyl (C=O) groups is 1. The van der Waals surface area contributed by atoms with Crippen molar-refractivity contribution in [2.24, 2.45) is 0 Å². The number of methoxy groups -OCH3 is 1. The molecule has 3 rings (SSSR count). The number of benzene rings is 1. The van der Waals surface area contributed by atoms with Gasteiger partial charge in [-0.3, -0.25) is 14.9 Å². The van der Waals surface area contributed by atoms with Crippen LogP contribution < -0.4 is 5.56 Å². The average molecular weight is 355 g/mol. The summed E-state index contributed by atoms with van der Waals surface area (Å²) in [6, 6.07) is 10.0. The van der Waals surface area contributed by atoms with Crippen LogP contribution in [0.5, 0.6) is 0 Å². The van der Waals surface area contributed by atoms with E-state index in [9.17, 15) is 19.7 Å². The van der Waals surface area contributed by atoms with E-state index in [4.69, 9.17) is 4.42 Å². The smallest absolute Gasteiger partial charge is 0.343 e. The first-order valence-corrected chi connectivity index (χ1v) is 7.46. The topological polar surface area (TPSA) is 117 Å². The van der Waals surface area contributed by atoms with Crippen molar-refractivity contribution < 1.29 is 18.9 Å². The summed E-state index contributed by atoms with van der Waals surface area (Å²) in [6.45, 7) is -0.0964. The first kappa shape index (κ1) is 17.1. The van der Waals surface area contributed by atoms with Crippen molar-refractivity contribution in [2.45, 2.75) is 6.54 Å². The van der Waals surface area contributed by atoms with Crippen LogP contribution in [0.2, 0.25) is 0 Å². The van der Waals surface area contributed by atoms with Crippen LogP contribution in [0.3, 0.4) is 0 Å². The lowest BCUT2D eigenvalue weighted by Crippen LogP contribution is -2.27. The summed E-state index contributed by atoms with van der Waals surface area (Å²) in [6.07, 6.45) is 2.40. The number of rotatable bonds is 5. The van der Waals surface area contributed by atoms with Crippen LogP contribution in [0, 0.1) is 10.1 Å². The van der Waals surface area contributed by atoms with Crippen LogP contribution >= 0.6 is 0 Å². The van der Waals surface area contributed by atoms with Gasteiger partial charge in [0, 0.05) is 11.6 Å². The molecule has 0 atom stereocenters. The normalized spacial score (nSPS) is 10.5. The minimum atomic E-state index is -0.947. The molecule has 0 aliphatic carbocycles. The number of hydrogen-bond acceptors (Lipinski definition) is 7. The highest BCUT2D eigenvalue weighted by Crippen LogP contribution is 2.19. The largest absolute Gasteiger partial charge is 0.465 e. The molecule has 132 valence electrons. The van der Waals surface area contributed by atoms with Crippen LogP contribution in [-0.2, 0) is 11.3 Å². The summed E-state index contributed by atoms with van der Waals surface area (Å²) < 4.78 is 10.9. The third-order valence-corrected chi connectivity index (χ3v) is 3.59. The predicted octanol–water partition coefficient (Wildman–Crippen LogP) is 2.25. The fraction of sp³-hybridized carbons (Fsp3) is 0.118. The maximum atomic E-state index is 12.4. The van der Waals surface area contributed by atoms with Crippen molar-refractivity contribution >= 4 is 11.7 Å². The Kier molecular flexibility index (Phi) is 4.61. The zero-order valence-corrected chi connectivity index (χ0v) is 13.6. The molecule has 2 aromatic heterocycles. The Bertz CT molecular complexity index is 1020. The zero-order valence-electron chi connectivity index (χ0n) is 13.6. The number of esters is 1. The van der Waals surface area contributed by atoms with E-state index in [2.05, 4.69) is 9.72 Å². The zero-order chi connectivity index (χ0) is 18.7. The molecular weight excluding hydrogens is 342 g/mol. The van der Waals surface area contributed by atoms with Gasteiger partial charge in [0.2, 0.25) is 5.89 Å². The third-order valence-electron chi connectivity index (χ3n) is 3.59. The fourth-order valence-electron chi connectivity index (χ4n) is 2.36. The summed E-state index contributed by atoms with van der Waals surface area (Å²) in [5.74, 6) is -0.593. The maximum Gasteiger partial charge on any atom is 0.343 e. The summed E-state index contributed by atoms with van der Waals surface area (Å²) >= 11 is 0. The molecule has 0 amide bonds. The van der Waals surface area contributed by atoms with Crippen LogP contribution in [-0.4, -0.2) is 27.6 Å². The Morgan fingerprint density at radius 1 is 1.35 bits per heavy atom. The lowest BCUT2D eigenvalue weighted by molar-refractivity contribution is -0.385. The van der Waals surface area contributed by atoms with Crippen LogP contribution in [0.1, 0.15) is 16.1 Å². The molecule has 0 spiro atoms. The van der Waals surface area contributed by atoms with Crippen molar-refractivity contribution in [3.05, 3.63) is 80.6 Å². The Morgan fingerprint density at radius 2 is 2.08 bits per heavy atom. The molecule has 9 nitrogen and oxygen atoms in total. The van der Waals surface area contributed by atoms with Gasteiger partial charge in [0.1, 0.15) is 11.8 Å². The molecule has 0 saturated heterocycles. The van der Waals surface area contributed by atoms with Crippen LogP contribution in [0.25, 0.3) is 11.5 Å². The van der Waals surface area contributed by atoms with Crippen molar-refractivity contribution in [2.75, 3.05) is 7.11 Å². The van der Waals surface area contributed by atoms with Gasteiger partial charge in [0.15, 0.2) is 0 Å². The molecule has 0 saturated carbocycles. The number of pyridine rings is 1. The van der Waals surface area contributed by atoms with Gasteiger partial charge in [-0.25, -0.2) is 9.78 Å². The summed E-state index contributed by atoms with van der Waals surface area (Å²) in [5, 5.41) is 11.1. The minimum Gasteiger partial charge on any atom is -0.465 e. The molecule has 0 unspecified atom stereocenters. The second kappa shape index (κ2) is 7.01. The lowest BCUT2D eigenvalue weighted by atomic mass is 10.2. The Labute approximate surface area is 146 Å². The molecule has 26 heavy (non-hydrogen) atoms. The Balaban J connectivity index is 1.98. The first-order chi connectivity index (χ1) is 12.5. The van der Waals surface area contributed by atoms with E-state index >= 15 is 0 Å². The number of aromatic nitrogens is 2. The van der Waals surface area contributed by atoms with Crippen LogP contribution in [0.4, 0.5) is 5.69 Å². The third kappa shape index (κ3) is 3.36. The predicted molar refractivity (Wildman–Crippen MR) is 89.7 cm³/mol. The molecular formula is C17H13N3O6. The SMILES string of the molecule is COC(=O)c1cc([N+](=O)[O-])cn(Cc2coc(-c3ccccc3)n2)c1=O. The van der Waals surface area contributed by atoms with Crippen LogP contribution in [0.15, 0.2) is 58.1 Å². The molecule has 0 radical (unpaired) electrons. The van der Waals surface area contributed by atoms with E-state index in [1.165, 1.54) is 6.26 Å². The van der Waals surface area contributed by atoms with E-state index in [0.717, 1.165) is 29.5 Å². The highest BCUT2D eigenvalue weighted by Gasteiger charge is 2.20. The molecule has 2 heterocycles. The molecule has 0 aliphatic rings. The van der Waals surface area contributed by atoms with Gasteiger partial charge in [-0.2, -0.15) is 0 Å². The second-order valence-corrected chi connectivity index (χ2v) is 5.30. The molecule has 1 aromatic carbocycles. The number of hydrogen-bond donors (Lipinski definition) is 0. The van der Waals surface area contributed by atoms with E-state index in [0.29, 0.717) is 11.6 Å². The number of nitrogens with zero attached hydrogens (tertiary/aromatic N) is 3. The quantitative estimate of drug-likeness (QED) is 0.391. The van der Waals surface area contributed by atoms with E-state index in [1.807, 2.05) is 30.3 Å². The van der Waals surface area contributed by atoms with Gasteiger partial charge < -0.3 is 13.7 Å². The average Bonchev–Trinajstić information content (AvgIpc) is 3.12. The standard InChI is InChI=1S/C17H13N3O6/c1-25-17(22)14-7-13(20(23)24)9-19(16(14)21)8-12-10-26-15(18-12)11-5-3-2-4-6-11/h2-7,9-10H,8H2,1H3. The van der Waals surface area contributed by atoms with Crippen molar-refractivity contribution in [1.29, 1.82) is 0 Å². The van der Waals surface area contributed by atoms with Gasteiger partial charge in [-0.1, -0.05) is 18.2 Å². The van der Waals surface area contributed by atoms with Gasteiger partial charge in [0.25, 0.3) is 11.2 Å². The number of ether oxygens (including phenoxy) is 1. The molecule has 9 heteroatoms. The first-order valence-electron chi connectivity index (χ1n) is 7.46. The number of nitro groups is 1. The highest BCUT2D eigenvalue weighted by molar-refractivity contribution is 5.89. The van der Waals surface area contributed by atoms with E-state index < -0.39 is 27.7 Å². The summed E-state index contributed by atoms with van der Waals surface area (Å²) in [4.78, 5) is 38.8. The van der Waals surface area contributed by atoms with E-state index in [-0.39, 0.29) is 6.54 Å². The van der Waals surface area contributed by atoms with Crippen molar-refractivity contribution in [3.8, 4) is 11.5 Å². The van der Waals surface area contributed by atoms with Crippen molar-refractivity contribution in [3.63, 3.8) is 0 Å². The second-order valence-electron chi connectivity index (χ2n) is 5.30. The van der Waals surface area contributed by atoms with Gasteiger partial charge in [-0.15, -0.1) is 0 Å². The maximum absolute atomic E-state index is 12.4. The Morgan fingerprint density at radius 3 is 2.73 bits per heavy atom. The molecule has 0 bridgehead atoms. The van der Waals surface area contributed by atoms with Gasteiger partial charge in [0.05, 0.1) is 30.5 Å². The van der Waals surface area contributed by atoms with Gasteiger partial charge >= 0.3 is 5.97 Å². The highest BCUT2D eigenvalue weighted by atomic mass is 16.6. The molecule has 3 aromatic rings. The van der Waals surface area contributed by atoms with Gasteiger partial charge in [-0.05, 0) is 12.1 Å². The summed E-state index contributed by atoms with van der Waals surface area (Å²) in [7, 11) is 1.09. The minimum absolute atomic E-state index is 0.0964. The van der Waals surface area contributed by atoms with Crippen molar-refractivity contribution in [1.82, 2.24) is 9.55 Å². The lowest BCUT2D eigenvalue weighted by Gasteiger charge is -2.06. The monoisotopic (exact) mass is 355 g/mol. The van der Waals surface area contributed by atoms with E-state index in [1.54, 1.807) is 0 Å². The molecule has 0 aliphatic heterocycles. The Hall–Kier alpha value is -3.75. The molecule has 0 fully saturated rings.